The second-order valence-electron chi connectivity index (χ2n) is 3.63. The van der Waals surface area contributed by atoms with Crippen LogP contribution in [-0.4, -0.2) is 14.8 Å². The van der Waals surface area contributed by atoms with Crippen molar-refractivity contribution in [2.45, 2.75) is 19.8 Å². The van der Waals surface area contributed by atoms with E-state index < -0.39 is 0 Å². The highest BCUT2D eigenvalue weighted by molar-refractivity contribution is 5.77. The van der Waals surface area contributed by atoms with E-state index >= 15 is 0 Å². The Morgan fingerprint density at radius 3 is 2.85 bits per heavy atom. The molecule has 0 spiro atoms. The Hall–Kier alpha value is -1.38. The van der Waals surface area contributed by atoms with Gasteiger partial charge in [-0.3, -0.25) is 9.67 Å². The molecule has 0 aliphatic rings. The lowest BCUT2D eigenvalue weighted by Crippen LogP contribution is -1.90. The summed E-state index contributed by atoms with van der Waals surface area (Å²) < 4.78 is 1.82. The fourth-order valence-electron chi connectivity index (χ4n) is 1.38. The second kappa shape index (κ2) is 2.83. The Bertz CT molecular complexity index is 429. The molecule has 0 saturated heterocycles. The van der Waals surface area contributed by atoms with Gasteiger partial charge in [0.25, 0.3) is 0 Å². The highest BCUT2D eigenvalue weighted by atomic mass is 15.2. The Morgan fingerprint density at radius 2 is 2.15 bits per heavy atom. The lowest BCUT2D eigenvalue weighted by Gasteiger charge is -2.01. The maximum atomic E-state index is 4.34. The number of rotatable bonds is 1. The van der Waals surface area contributed by atoms with Gasteiger partial charge in [-0.15, -0.1) is 0 Å². The Labute approximate surface area is 77.4 Å². The van der Waals surface area contributed by atoms with Crippen molar-refractivity contribution in [2.24, 2.45) is 7.05 Å². The average molecular weight is 175 g/mol. The summed E-state index contributed by atoms with van der Waals surface area (Å²) in [5, 5.41) is 5.44. The molecule has 0 N–H and O–H groups in total. The number of nitrogens with zero attached hydrogens (tertiary/aromatic N) is 3. The fourth-order valence-corrected chi connectivity index (χ4v) is 1.38. The number of hydrogen-bond donors (Lipinski definition) is 0. The molecule has 0 radical (unpaired) electrons. The van der Waals surface area contributed by atoms with Crippen LogP contribution < -0.4 is 0 Å². The molecule has 68 valence electrons. The van der Waals surface area contributed by atoms with Gasteiger partial charge in [0.05, 0.1) is 6.20 Å². The van der Waals surface area contributed by atoms with Gasteiger partial charge in [0, 0.05) is 24.3 Å². The van der Waals surface area contributed by atoms with Gasteiger partial charge in [0.15, 0.2) is 0 Å². The Balaban J connectivity index is 2.61. The first kappa shape index (κ1) is 8.23. The standard InChI is InChI=1S/C10H13N3/c1-7(2)9-4-8-6-13(3)12-10(8)5-11-9/h4-7H,1-3H3. The summed E-state index contributed by atoms with van der Waals surface area (Å²) in [6.45, 7) is 4.29. The van der Waals surface area contributed by atoms with Crippen molar-refractivity contribution in [1.29, 1.82) is 0 Å². The molecule has 0 aliphatic carbocycles. The van der Waals surface area contributed by atoms with Crippen molar-refractivity contribution in [3.63, 3.8) is 0 Å². The van der Waals surface area contributed by atoms with Gasteiger partial charge < -0.3 is 0 Å². The molecular weight excluding hydrogens is 162 g/mol. The SMILES string of the molecule is CC(C)c1cc2cn(C)nc2cn1. The molecule has 2 heterocycles. The first-order valence-corrected chi connectivity index (χ1v) is 4.46. The number of aryl methyl sites for hydroxylation is 1. The quantitative estimate of drug-likeness (QED) is 0.664. The zero-order valence-electron chi connectivity index (χ0n) is 8.15. The molecule has 2 aromatic heterocycles. The van der Waals surface area contributed by atoms with E-state index in [0.717, 1.165) is 11.2 Å². The van der Waals surface area contributed by atoms with Gasteiger partial charge in [0.1, 0.15) is 5.52 Å². The van der Waals surface area contributed by atoms with E-state index in [2.05, 4.69) is 30.0 Å². The van der Waals surface area contributed by atoms with E-state index in [0.29, 0.717) is 5.92 Å². The maximum absolute atomic E-state index is 4.34. The van der Waals surface area contributed by atoms with Crippen molar-refractivity contribution >= 4 is 10.9 Å². The maximum Gasteiger partial charge on any atom is 0.111 e. The van der Waals surface area contributed by atoms with Crippen LogP contribution in [-0.2, 0) is 7.05 Å². The van der Waals surface area contributed by atoms with Crippen molar-refractivity contribution in [2.75, 3.05) is 0 Å². The summed E-state index contributed by atoms with van der Waals surface area (Å²) in [7, 11) is 1.93. The first-order valence-electron chi connectivity index (χ1n) is 4.46. The number of aromatic nitrogens is 3. The van der Waals surface area contributed by atoms with Crippen LogP contribution in [0, 0.1) is 0 Å². The molecule has 0 bridgehead atoms. The van der Waals surface area contributed by atoms with E-state index in [-0.39, 0.29) is 0 Å². The lowest BCUT2D eigenvalue weighted by atomic mass is 10.1. The van der Waals surface area contributed by atoms with Crippen LogP contribution in [0.1, 0.15) is 25.5 Å². The van der Waals surface area contributed by atoms with Crippen LogP contribution in [0.4, 0.5) is 0 Å². The normalized spacial score (nSPS) is 11.4. The summed E-state index contributed by atoms with van der Waals surface area (Å²) in [4.78, 5) is 4.34. The average Bonchev–Trinajstić information content (AvgIpc) is 2.42. The number of hydrogen-bond acceptors (Lipinski definition) is 2. The van der Waals surface area contributed by atoms with Crippen LogP contribution >= 0.6 is 0 Å². The number of fused-ring (bicyclic) bond motifs is 1. The van der Waals surface area contributed by atoms with Gasteiger partial charge >= 0.3 is 0 Å². The van der Waals surface area contributed by atoms with Crippen LogP contribution in [0.25, 0.3) is 10.9 Å². The predicted molar refractivity (Wildman–Crippen MR) is 52.6 cm³/mol. The van der Waals surface area contributed by atoms with Gasteiger partial charge in [-0.1, -0.05) is 13.8 Å². The minimum absolute atomic E-state index is 0.476. The minimum atomic E-state index is 0.476. The van der Waals surface area contributed by atoms with Gasteiger partial charge in [0.2, 0.25) is 0 Å². The summed E-state index contributed by atoms with van der Waals surface area (Å²) in [5.41, 5.74) is 2.09. The van der Waals surface area contributed by atoms with Gasteiger partial charge in [-0.05, 0) is 12.0 Å². The van der Waals surface area contributed by atoms with Gasteiger partial charge in [-0.25, -0.2) is 0 Å². The molecule has 0 unspecified atom stereocenters. The van der Waals surface area contributed by atoms with E-state index in [4.69, 9.17) is 0 Å². The summed E-state index contributed by atoms with van der Waals surface area (Å²) in [5.74, 6) is 0.476. The molecular formula is C10H13N3. The molecule has 3 heteroatoms. The highest BCUT2D eigenvalue weighted by Gasteiger charge is 2.03. The van der Waals surface area contributed by atoms with Crippen LogP contribution in [0.2, 0.25) is 0 Å². The lowest BCUT2D eigenvalue weighted by molar-refractivity contribution is 0.779. The third-order valence-corrected chi connectivity index (χ3v) is 2.12. The van der Waals surface area contributed by atoms with Gasteiger partial charge in [-0.2, -0.15) is 5.10 Å². The molecule has 0 fully saturated rings. The topological polar surface area (TPSA) is 30.7 Å². The molecule has 0 aromatic carbocycles. The van der Waals surface area contributed by atoms with E-state index in [1.54, 1.807) is 0 Å². The molecule has 0 atom stereocenters. The Kier molecular flexibility index (Phi) is 1.79. The molecule has 3 nitrogen and oxygen atoms in total. The molecule has 0 saturated carbocycles. The first-order chi connectivity index (χ1) is 6.16. The summed E-state index contributed by atoms with van der Waals surface area (Å²) in [6, 6.07) is 2.10. The van der Waals surface area contributed by atoms with Crippen molar-refractivity contribution in [3.8, 4) is 0 Å². The molecule has 13 heavy (non-hydrogen) atoms. The fraction of sp³-hybridized carbons (Fsp3) is 0.400. The third-order valence-electron chi connectivity index (χ3n) is 2.12. The van der Waals surface area contributed by atoms with Crippen LogP contribution in [0.5, 0.6) is 0 Å². The van der Waals surface area contributed by atoms with Crippen molar-refractivity contribution < 1.29 is 0 Å². The molecule has 2 rings (SSSR count). The molecule has 2 aromatic rings. The highest BCUT2D eigenvalue weighted by Crippen LogP contribution is 2.17. The summed E-state index contributed by atoms with van der Waals surface area (Å²) >= 11 is 0. The van der Waals surface area contributed by atoms with E-state index in [1.165, 1.54) is 5.39 Å². The minimum Gasteiger partial charge on any atom is -0.275 e. The Morgan fingerprint density at radius 1 is 1.38 bits per heavy atom. The molecule has 0 amide bonds. The zero-order chi connectivity index (χ0) is 9.42. The van der Waals surface area contributed by atoms with Crippen molar-refractivity contribution in [3.05, 3.63) is 24.2 Å². The second-order valence-corrected chi connectivity index (χ2v) is 3.63. The molecule has 0 aliphatic heterocycles. The smallest absolute Gasteiger partial charge is 0.111 e. The van der Waals surface area contributed by atoms with Crippen LogP contribution in [0.15, 0.2) is 18.5 Å². The summed E-state index contributed by atoms with van der Waals surface area (Å²) in [6.07, 6.45) is 3.85. The van der Waals surface area contributed by atoms with E-state index in [9.17, 15) is 0 Å². The van der Waals surface area contributed by atoms with Crippen LogP contribution in [0.3, 0.4) is 0 Å². The monoisotopic (exact) mass is 175 g/mol. The zero-order valence-corrected chi connectivity index (χ0v) is 8.15. The van der Waals surface area contributed by atoms with Crippen molar-refractivity contribution in [1.82, 2.24) is 14.8 Å². The predicted octanol–water partition coefficient (Wildman–Crippen LogP) is 2.09. The van der Waals surface area contributed by atoms with E-state index in [1.807, 2.05) is 24.1 Å². The number of pyridine rings is 1. The third kappa shape index (κ3) is 1.41. The largest absolute Gasteiger partial charge is 0.275 e.